The van der Waals surface area contributed by atoms with Crippen molar-refractivity contribution in [3.63, 3.8) is 0 Å². The average Bonchev–Trinajstić information content (AvgIpc) is 3.00. The van der Waals surface area contributed by atoms with E-state index in [4.69, 9.17) is 5.26 Å². The Balaban J connectivity index is 1.48. The third kappa shape index (κ3) is 4.17. The number of carbonyl (C=O) groups excluding carboxylic acids is 1. The predicted molar refractivity (Wildman–Crippen MR) is 102 cm³/mol. The zero-order valence-corrected chi connectivity index (χ0v) is 14.6. The third-order valence-electron chi connectivity index (χ3n) is 4.20. The molecule has 0 unspecified atom stereocenters. The number of carbonyl (C=O) groups is 1. The Labute approximate surface area is 152 Å². The van der Waals surface area contributed by atoms with Crippen LogP contribution >= 0.6 is 0 Å². The monoisotopic (exact) mass is 344 g/mol. The van der Waals surface area contributed by atoms with Crippen LogP contribution in [0.2, 0.25) is 0 Å². The number of nitriles is 1. The number of amides is 1. The first kappa shape index (κ1) is 17.4. The van der Waals surface area contributed by atoms with Crippen LogP contribution in [-0.4, -0.2) is 22.0 Å². The Hall–Kier alpha value is -3.39. The van der Waals surface area contributed by atoms with Crippen molar-refractivity contribution in [2.45, 2.75) is 12.8 Å². The minimum Gasteiger partial charge on any atom is -0.353 e. The molecule has 1 N–H and O–H groups in total. The summed E-state index contributed by atoms with van der Waals surface area (Å²) in [5, 5.41) is 11.8. The van der Waals surface area contributed by atoms with Gasteiger partial charge in [-0.25, -0.2) is 4.98 Å². The topological polar surface area (TPSA) is 70.7 Å². The van der Waals surface area contributed by atoms with Crippen molar-refractivity contribution in [2.24, 2.45) is 7.05 Å². The predicted octanol–water partition coefficient (Wildman–Crippen LogP) is 3.21. The summed E-state index contributed by atoms with van der Waals surface area (Å²) in [5.41, 5.74) is 3.53. The van der Waals surface area contributed by atoms with Gasteiger partial charge in [-0.3, -0.25) is 4.79 Å². The number of nitrogens with zero attached hydrogens (tertiary/aromatic N) is 3. The van der Waals surface area contributed by atoms with E-state index in [0.29, 0.717) is 12.1 Å². The van der Waals surface area contributed by atoms with Gasteiger partial charge in [0.05, 0.1) is 22.7 Å². The van der Waals surface area contributed by atoms with Crippen LogP contribution in [-0.2, 0) is 18.3 Å². The maximum absolute atomic E-state index is 11.9. The summed E-state index contributed by atoms with van der Waals surface area (Å²) in [4.78, 5) is 16.5. The molecule has 0 saturated heterocycles. The number of aromatic nitrogens is 2. The van der Waals surface area contributed by atoms with E-state index in [1.807, 2.05) is 31.3 Å². The summed E-state index contributed by atoms with van der Waals surface area (Å²) in [6, 6.07) is 17.3. The Morgan fingerprint density at radius 1 is 1.27 bits per heavy atom. The largest absolute Gasteiger partial charge is 0.353 e. The Morgan fingerprint density at radius 3 is 2.92 bits per heavy atom. The maximum Gasteiger partial charge on any atom is 0.243 e. The molecule has 5 heteroatoms. The summed E-state index contributed by atoms with van der Waals surface area (Å²) < 4.78 is 2.10. The lowest BCUT2D eigenvalue weighted by Gasteiger charge is -2.03. The Kier molecular flexibility index (Phi) is 5.45. The average molecular weight is 344 g/mol. The molecule has 0 fully saturated rings. The summed E-state index contributed by atoms with van der Waals surface area (Å²) in [6.07, 6.45) is 4.83. The molecule has 0 spiro atoms. The second-order valence-corrected chi connectivity index (χ2v) is 6.04. The molecule has 0 radical (unpaired) electrons. The Morgan fingerprint density at radius 2 is 2.12 bits per heavy atom. The minimum atomic E-state index is -0.141. The molecule has 0 bridgehead atoms. The number of benzene rings is 2. The molecule has 0 saturated carbocycles. The Bertz CT molecular complexity index is 995. The lowest BCUT2D eigenvalue weighted by Crippen LogP contribution is -2.22. The smallest absolute Gasteiger partial charge is 0.243 e. The van der Waals surface area contributed by atoms with Gasteiger partial charge in [-0.2, -0.15) is 5.26 Å². The molecular weight excluding hydrogens is 324 g/mol. The molecular formula is C21H20N4O. The van der Waals surface area contributed by atoms with Gasteiger partial charge in [0.2, 0.25) is 5.91 Å². The summed E-state index contributed by atoms with van der Waals surface area (Å²) in [6.45, 7) is 0.588. The molecule has 1 aromatic heterocycles. The van der Waals surface area contributed by atoms with Gasteiger partial charge >= 0.3 is 0 Å². The highest BCUT2D eigenvalue weighted by Gasteiger charge is 2.06. The zero-order valence-electron chi connectivity index (χ0n) is 14.6. The van der Waals surface area contributed by atoms with Crippen LogP contribution < -0.4 is 5.32 Å². The molecule has 0 aliphatic carbocycles. The van der Waals surface area contributed by atoms with Gasteiger partial charge in [-0.1, -0.05) is 24.3 Å². The van der Waals surface area contributed by atoms with E-state index >= 15 is 0 Å². The van der Waals surface area contributed by atoms with Gasteiger partial charge in [0.1, 0.15) is 5.82 Å². The number of nitrogens with one attached hydrogen (secondary N) is 1. The van der Waals surface area contributed by atoms with Crippen molar-refractivity contribution in [3.8, 4) is 6.07 Å². The second kappa shape index (κ2) is 8.13. The minimum absolute atomic E-state index is 0.141. The molecule has 1 amide bonds. The van der Waals surface area contributed by atoms with E-state index in [2.05, 4.69) is 27.0 Å². The highest BCUT2D eigenvalue weighted by atomic mass is 16.1. The normalized spacial score (nSPS) is 10.9. The molecule has 26 heavy (non-hydrogen) atoms. The lowest BCUT2D eigenvalue weighted by molar-refractivity contribution is -0.116. The van der Waals surface area contributed by atoms with Crippen LogP contribution in [0.15, 0.2) is 54.6 Å². The molecule has 130 valence electrons. The van der Waals surface area contributed by atoms with E-state index in [1.165, 1.54) is 6.08 Å². The van der Waals surface area contributed by atoms with Crippen molar-refractivity contribution >= 4 is 23.0 Å². The van der Waals surface area contributed by atoms with Crippen LogP contribution in [0.4, 0.5) is 0 Å². The van der Waals surface area contributed by atoms with Crippen LogP contribution in [0.5, 0.6) is 0 Å². The van der Waals surface area contributed by atoms with Crippen LogP contribution in [0.3, 0.4) is 0 Å². The van der Waals surface area contributed by atoms with Crippen molar-refractivity contribution in [2.75, 3.05) is 6.54 Å². The number of hydrogen-bond acceptors (Lipinski definition) is 3. The molecule has 3 rings (SSSR count). The van der Waals surface area contributed by atoms with Gasteiger partial charge in [-0.15, -0.1) is 0 Å². The van der Waals surface area contributed by atoms with Gasteiger partial charge in [0.15, 0.2) is 0 Å². The highest BCUT2D eigenvalue weighted by Crippen LogP contribution is 2.15. The first-order valence-electron chi connectivity index (χ1n) is 8.54. The SMILES string of the molecule is Cn1c(CCCNC(=O)C=Cc2cccc(C#N)c2)nc2ccccc21. The molecule has 0 atom stereocenters. The first-order valence-corrected chi connectivity index (χ1v) is 8.54. The lowest BCUT2D eigenvalue weighted by atomic mass is 10.1. The zero-order chi connectivity index (χ0) is 18.4. The molecule has 0 aliphatic heterocycles. The molecule has 5 nitrogen and oxygen atoms in total. The quantitative estimate of drug-likeness (QED) is 0.551. The van der Waals surface area contributed by atoms with Crippen molar-refractivity contribution in [3.05, 3.63) is 71.6 Å². The maximum atomic E-state index is 11.9. The van der Waals surface area contributed by atoms with E-state index < -0.39 is 0 Å². The number of aryl methyl sites for hydroxylation is 2. The van der Waals surface area contributed by atoms with Gasteiger partial charge in [-0.05, 0) is 42.3 Å². The van der Waals surface area contributed by atoms with Gasteiger partial charge in [0.25, 0.3) is 0 Å². The number of rotatable bonds is 6. The second-order valence-electron chi connectivity index (χ2n) is 6.04. The fraction of sp³-hybridized carbons (Fsp3) is 0.190. The number of hydrogen-bond donors (Lipinski definition) is 1. The van der Waals surface area contributed by atoms with Crippen molar-refractivity contribution in [1.82, 2.24) is 14.9 Å². The molecule has 1 heterocycles. The van der Waals surface area contributed by atoms with Crippen molar-refractivity contribution < 1.29 is 4.79 Å². The van der Waals surface area contributed by atoms with Crippen LogP contribution in [0.25, 0.3) is 17.1 Å². The van der Waals surface area contributed by atoms with Gasteiger partial charge < -0.3 is 9.88 Å². The van der Waals surface area contributed by atoms with Crippen LogP contribution in [0, 0.1) is 11.3 Å². The van der Waals surface area contributed by atoms with E-state index in [-0.39, 0.29) is 5.91 Å². The molecule has 0 aliphatic rings. The fourth-order valence-corrected chi connectivity index (χ4v) is 2.82. The molecule has 3 aromatic rings. The fourth-order valence-electron chi connectivity index (χ4n) is 2.82. The van der Waals surface area contributed by atoms with E-state index in [0.717, 1.165) is 35.3 Å². The van der Waals surface area contributed by atoms with Crippen molar-refractivity contribution in [1.29, 1.82) is 5.26 Å². The molecule has 2 aromatic carbocycles. The number of fused-ring (bicyclic) bond motifs is 1. The van der Waals surface area contributed by atoms with Crippen LogP contribution in [0.1, 0.15) is 23.4 Å². The summed E-state index contributed by atoms with van der Waals surface area (Å²) >= 11 is 0. The third-order valence-corrected chi connectivity index (χ3v) is 4.20. The standard InChI is InChI=1S/C21H20N4O/c1-25-19-9-3-2-8-18(19)24-20(25)10-5-13-23-21(26)12-11-16-6-4-7-17(14-16)15-22/h2-4,6-9,11-12,14H,5,10,13H2,1H3,(H,23,26). The summed E-state index contributed by atoms with van der Waals surface area (Å²) in [5.74, 6) is 0.877. The number of para-hydroxylation sites is 2. The van der Waals surface area contributed by atoms with E-state index in [9.17, 15) is 4.79 Å². The first-order chi connectivity index (χ1) is 12.7. The summed E-state index contributed by atoms with van der Waals surface area (Å²) in [7, 11) is 2.02. The number of imidazole rings is 1. The van der Waals surface area contributed by atoms with E-state index in [1.54, 1.807) is 24.3 Å². The van der Waals surface area contributed by atoms with Gasteiger partial charge in [0, 0.05) is 26.1 Å². The highest BCUT2D eigenvalue weighted by molar-refractivity contribution is 5.91.